The lowest BCUT2D eigenvalue weighted by molar-refractivity contribution is 0.233. The highest BCUT2D eigenvalue weighted by Crippen LogP contribution is 2.36. The molecule has 31 heavy (non-hydrogen) atoms. The lowest BCUT2D eigenvalue weighted by Crippen LogP contribution is -2.30. The standard InChI is InChI=1S/C27H32N2OP/c1-20(28-18-26-29-25(19-30-26)27(2,3)4)23-16-11-17-24(23)31(21-12-7-5-8-13-21)22-14-9-6-10-15-22/h5-17,20,25,28H,18-19H2,1-4H3/q-1/t20-,25?/m0/s1. The van der Waals surface area contributed by atoms with Crippen LogP contribution in [0.3, 0.4) is 0 Å². The van der Waals surface area contributed by atoms with Gasteiger partial charge in [-0.3, -0.25) is 0 Å². The molecule has 0 aromatic heterocycles. The molecule has 4 heteroatoms. The van der Waals surface area contributed by atoms with Crippen molar-refractivity contribution in [2.75, 3.05) is 13.2 Å². The predicted octanol–water partition coefficient (Wildman–Crippen LogP) is 4.66. The Morgan fingerprint density at radius 3 is 2.19 bits per heavy atom. The van der Waals surface area contributed by atoms with E-state index in [0.29, 0.717) is 13.2 Å². The molecule has 3 nitrogen and oxygen atoms in total. The van der Waals surface area contributed by atoms with E-state index in [1.165, 1.54) is 21.5 Å². The van der Waals surface area contributed by atoms with Gasteiger partial charge in [-0.05, 0) is 30.0 Å². The molecule has 2 atom stereocenters. The summed E-state index contributed by atoms with van der Waals surface area (Å²) in [5.41, 5.74) is 1.48. The molecule has 0 aliphatic carbocycles. The summed E-state index contributed by atoms with van der Waals surface area (Å²) in [5, 5.41) is 7.81. The maximum Gasteiger partial charge on any atom is 0.198 e. The van der Waals surface area contributed by atoms with Gasteiger partial charge >= 0.3 is 0 Å². The first-order valence-electron chi connectivity index (χ1n) is 11.0. The van der Waals surface area contributed by atoms with Crippen molar-refractivity contribution in [1.82, 2.24) is 5.32 Å². The Hall–Kier alpha value is -2.35. The van der Waals surface area contributed by atoms with Crippen LogP contribution in [-0.2, 0) is 4.74 Å². The molecule has 162 valence electrons. The first-order chi connectivity index (χ1) is 14.9. The highest BCUT2D eigenvalue weighted by molar-refractivity contribution is 7.79. The van der Waals surface area contributed by atoms with Gasteiger partial charge in [0.1, 0.15) is 6.61 Å². The number of rotatable bonds is 7. The van der Waals surface area contributed by atoms with E-state index in [2.05, 4.69) is 112 Å². The zero-order chi connectivity index (χ0) is 21.8. The number of nitrogens with one attached hydrogen (secondary N) is 1. The van der Waals surface area contributed by atoms with Crippen LogP contribution in [0, 0.1) is 5.41 Å². The molecule has 3 aromatic rings. The minimum atomic E-state index is -0.607. The van der Waals surface area contributed by atoms with Crippen molar-refractivity contribution in [2.45, 2.75) is 39.8 Å². The normalized spacial score (nSPS) is 17.5. The highest BCUT2D eigenvalue weighted by atomic mass is 31.1. The van der Waals surface area contributed by atoms with Crippen LogP contribution < -0.4 is 21.2 Å². The first kappa shape index (κ1) is 21.9. The summed E-state index contributed by atoms with van der Waals surface area (Å²) in [5.74, 6) is 0.827. The minimum Gasteiger partial charge on any atom is -0.478 e. The molecule has 0 radical (unpaired) electrons. The fraction of sp³-hybridized carbons (Fsp3) is 0.333. The molecular formula is C27H32N2OP-. The molecule has 1 N–H and O–H groups in total. The van der Waals surface area contributed by atoms with Gasteiger partial charge in [0.2, 0.25) is 0 Å². The van der Waals surface area contributed by atoms with Gasteiger partial charge in [-0.25, -0.2) is 11.1 Å². The van der Waals surface area contributed by atoms with Crippen molar-refractivity contribution >= 4 is 29.7 Å². The second kappa shape index (κ2) is 9.42. The summed E-state index contributed by atoms with van der Waals surface area (Å²) in [6, 6.07) is 28.9. The molecule has 4 rings (SSSR count). The second-order valence-electron chi connectivity index (χ2n) is 9.19. The summed E-state index contributed by atoms with van der Waals surface area (Å²) >= 11 is 0. The van der Waals surface area contributed by atoms with Crippen molar-refractivity contribution in [1.29, 1.82) is 0 Å². The average molecular weight is 432 g/mol. The second-order valence-corrected chi connectivity index (χ2v) is 11.4. The molecule has 0 fully saturated rings. The number of aliphatic imine (C=N–C) groups is 1. The predicted molar refractivity (Wildman–Crippen MR) is 134 cm³/mol. The molecule has 0 saturated carbocycles. The summed E-state index contributed by atoms with van der Waals surface area (Å²) < 4.78 is 5.87. The van der Waals surface area contributed by atoms with Crippen LogP contribution >= 0.6 is 7.92 Å². The zero-order valence-corrected chi connectivity index (χ0v) is 19.8. The Labute approximate surface area is 187 Å². The smallest absolute Gasteiger partial charge is 0.198 e. The maximum absolute atomic E-state index is 5.87. The van der Waals surface area contributed by atoms with Crippen molar-refractivity contribution in [3.05, 3.63) is 84.4 Å². The van der Waals surface area contributed by atoms with Crippen molar-refractivity contribution in [3.63, 3.8) is 0 Å². The third kappa shape index (κ3) is 5.11. The van der Waals surface area contributed by atoms with Crippen LogP contribution in [0.2, 0.25) is 0 Å². The van der Waals surface area contributed by atoms with Gasteiger partial charge in [0.25, 0.3) is 0 Å². The van der Waals surface area contributed by atoms with Gasteiger partial charge < -0.3 is 10.1 Å². The Morgan fingerprint density at radius 1 is 1.03 bits per heavy atom. The summed E-state index contributed by atoms with van der Waals surface area (Å²) in [6.07, 6.45) is 0. The molecule has 0 spiro atoms. The zero-order valence-electron chi connectivity index (χ0n) is 18.9. The largest absolute Gasteiger partial charge is 0.478 e. The summed E-state index contributed by atoms with van der Waals surface area (Å²) in [4.78, 5) is 4.80. The number of benzene rings is 2. The third-order valence-corrected chi connectivity index (χ3v) is 8.35. The van der Waals surface area contributed by atoms with Crippen LogP contribution in [-0.4, -0.2) is 25.1 Å². The molecule has 1 heterocycles. The summed E-state index contributed by atoms with van der Waals surface area (Å²) in [7, 11) is -0.607. The van der Waals surface area contributed by atoms with E-state index < -0.39 is 7.92 Å². The number of hydrogen-bond acceptors (Lipinski definition) is 3. The van der Waals surface area contributed by atoms with E-state index in [1.807, 2.05) is 0 Å². The van der Waals surface area contributed by atoms with E-state index >= 15 is 0 Å². The van der Waals surface area contributed by atoms with Crippen LogP contribution in [0.1, 0.15) is 39.3 Å². The van der Waals surface area contributed by atoms with E-state index in [9.17, 15) is 0 Å². The van der Waals surface area contributed by atoms with E-state index in [-0.39, 0.29) is 17.5 Å². The molecule has 3 aromatic carbocycles. The topological polar surface area (TPSA) is 33.6 Å². The van der Waals surface area contributed by atoms with Crippen LogP contribution in [0.5, 0.6) is 0 Å². The number of hydrogen-bond donors (Lipinski definition) is 1. The van der Waals surface area contributed by atoms with Crippen LogP contribution in [0.15, 0.2) is 83.9 Å². The lowest BCUT2D eigenvalue weighted by atomic mass is 9.88. The Kier molecular flexibility index (Phi) is 6.65. The minimum absolute atomic E-state index is 0.132. The molecule has 1 aliphatic rings. The Morgan fingerprint density at radius 2 is 1.65 bits per heavy atom. The highest BCUT2D eigenvalue weighted by Gasteiger charge is 2.30. The van der Waals surface area contributed by atoms with Crippen molar-refractivity contribution < 1.29 is 4.74 Å². The molecule has 1 aliphatic heterocycles. The van der Waals surface area contributed by atoms with E-state index in [0.717, 1.165) is 5.90 Å². The van der Waals surface area contributed by atoms with Gasteiger partial charge in [0, 0.05) is 0 Å². The van der Waals surface area contributed by atoms with Gasteiger partial charge in [-0.15, -0.1) is 5.30 Å². The molecular weight excluding hydrogens is 399 g/mol. The van der Waals surface area contributed by atoms with Crippen molar-refractivity contribution in [3.8, 4) is 0 Å². The Balaban J connectivity index is 1.56. The fourth-order valence-electron chi connectivity index (χ4n) is 3.89. The molecule has 0 saturated heterocycles. The van der Waals surface area contributed by atoms with Crippen LogP contribution in [0.25, 0.3) is 0 Å². The molecule has 0 bridgehead atoms. The maximum atomic E-state index is 5.87. The van der Waals surface area contributed by atoms with Gasteiger partial charge in [-0.1, -0.05) is 88.4 Å². The molecule has 0 amide bonds. The van der Waals surface area contributed by atoms with E-state index in [4.69, 9.17) is 9.73 Å². The molecule has 1 unspecified atom stereocenters. The van der Waals surface area contributed by atoms with Gasteiger partial charge in [0.15, 0.2) is 5.90 Å². The summed E-state index contributed by atoms with van der Waals surface area (Å²) in [6.45, 7) is 10.2. The lowest BCUT2D eigenvalue weighted by Gasteiger charge is -2.28. The monoisotopic (exact) mass is 431 g/mol. The van der Waals surface area contributed by atoms with Crippen molar-refractivity contribution in [2.24, 2.45) is 10.4 Å². The number of nitrogens with zero attached hydrogens (tertiary/aromatic N) is 1. The first-order valence-corrected chi connectivity index (χ1v) is 12.4. The average Bonchev–Trinajstić information content (AvgIpc) is 3.44. The quantitative estimate of drug-likeness (QED) is 0.436. The van der Waals surface area contributed by atoms with Gasteiger partial charge in [-0.2, -0.15) is 17.7 Å². The fourth-order valence-corrected chi connectivity index (χ4v) is 6.45. The van der Waals surface area contributed by atoms with Crippen LogP contribution in [0.4, 0.5) is 0 Å². The SMILES string of the molecule is C[C@H](NCC1=NC(C(C)(C)C)CO1)c1cc[cH-]c1P(c1ccccc1)c1ccccc1. The Bertz CT molecular complexity index is 965. The third-order valence-electron chi connectivity index (χ3n) is 5.83. The van der Waals surface area contributed by atoms with Gasteiger partial charge in [0.05, 0.1) is 12.6 Å². The number of ether oxygens (including phenoxy) is 1. The van der Waals surface area contributed by atoms with E-state index in [1.54, 1.807) is 0 Å².